The molecule has 1 N–H and O–H groups in total. The SMILES string of the molecule is COC(=NO)c1cccc([N+](=O)[O-])c1. The molecule has 0 aliphatic heterocycles. The van der Waals surface area contributed by atoms with Crippen LogP contribution >= 0.6 is 0 Å². The number of methoxy groups -OCH3 is 1. The maximum absolute atomic E-state index is 10.4. The van der Waals surface area contributed by atoms with Gasteiger partial charge in [-0.25, -0.2) is 0 Å². The van der Waals surface area contributed by atoms with E-state index in [4.69, 9.17) is 9.94 Å². The van der Waals surface area contributed by atoms with Crippen molar-refractivity contribution in [3.05, 3.63) is 39.9 Å². The molecule has 0 atom stereocenters. The van der Waals surface area contributed by atoms with Gasteiger partial charge < -0.3 is 9.94 Å². The molecule has 1 aromatic carbocycles. The van der Waals surface area contributed by atoms with Gasteiger partial charge in [0.1, 0.15) is 0 Å². The second-order valence-electron chi connectivity index (χ2n) is 2.42. The molecule has 0 unspecified atom stereocenters. The summed E-state index contributed by atoms with van der Waals surface area (Å²) in [6, 6.07) is 5.63. The zero-order valence-electron chi connectivity index (χ0n) is 7.38. The Balaban J connectivity index is 3.11. The molecule has 0 heterocycles. The number of non-ortho nitro benzene ring substituents is 1. The van der Waals surface area contributed by atoms with E-state index in [1.807, 2.05) is 0 Å². The Kier molecular flexibility index (Phi) is 3.01. The molecule has 6 heteroatoms. The first kappa shape index (κ1) is 9.97. The van der Waals surface area contributed by atoms with Crippen LogP contribution in [-0.2, 0) is 4.74 Å². The first-order valence-corrected chi connectivity index (χ1v) is 3.70. The lowest BCUT2D eigenvalue weighted by Crippen LogP contribution is -2.03. The van der Waals surface area contributed by atoms with Crippen LogP contribution in [-0.4, -0.2) is 23.1 Å². The van der Waals surface area contributed by atoms with Gasteiger partial charge in [-0.15, -0.1) is 0 Å². The maximum Gasteiger partial charge on any atom is 0.270 e. The molecule has 0 saturated carbocycles. The Morgan fingerprint density at radius 1 is 1.64 bits per heavy atom. The van der Waals surface area contributed by atoms with Crippen molar-refractivity contribution in [1.29, 1.82) is 0 Å². The highest BCUT2D eigenvalue weighted by atomic mass is 16.6. The van der Waals surface area contributed by atoms with Crippen molar-refractivity contribution in [3.63, 3.8) is 0 Å². The fraction of sp³-hybridized carbons (Fsp3) is 0.125. The Hall–Kier alpha value is -2.11. The fourth-order valence-electron chi connectivity index (χ4n) is 0.969. The van der Waals surface area contributed by atoms with E-state index in [9.17, 15) is 10.1 Å². The first-order valence-electron chi connectivity index (χ1n) is 3.70. The second kappa shape index (κ2) is 4.22. The van der Waals surface area contributed by atoms with Crippen molar-refractivity contribution in [2.75, 3.05) is 7.11 Å². The summed E-state index contributed by atoms with van der Waals surface area (Å²) in [6.07, 6.45) is 0. The monoisotopic (exact) mass is 196 g/mol. The van der Waals surface area contributed by atoms with Gasteiger partial charge in [0.25, 0.3) is 11.6 Å². The van der Waals surface area contributed by atoms with Crippen LogP contribution in [0.3, 0.4) is 0 Å². The Morgan fingerprint density at radius 2 is 2.36 bits per heavy atom. The second-order valence-corrected chi connectivity index (χ2v) is 2.42. The highest BCUT2D eigenvalue weighted by Crippen LogP contribution is 2.13. The number of ether oxygens (including phenoxy) is 1. The summed E-state index contributed by atoms with van der Waals surface area (Å²) >= 11 is 0. The average molecular weight is 196 g/mol. The summed E-state index contributed by atoms with van der Waals surface area (Å²) in [7, 11) is 1.31. The summed E-state index contributed by atoms with van der Waals surface area (Å²) in [6.45, 7) is 0. The minimum atomic E-state index is -0.534. The fourth-order valence-corrected chi connectivity index (χ4v) is 0.969. The van der Waals surface area contributed by atoms with E-state index >= 15 is 0 Å². The number of rotatable bonds is 2. The average Bonchev–Trinajstić information content (AvgIpc) is 2.20. The van der Waals surface area contributed by atoms with Crippen molar-refractivity contribution >= 4 is 11.6 Å². The Labute approximate surface area is 79.6 Å². The molecular weight excluding hydrogens is 188 g/mol. The van der Waals surface area contributed by atoms with Gasteiger partial charge in [0.05, 0.1) is 12.0 Å². The molecule has 0 aliphatic carbocycles. The van der Waals surface area contributed by atoms with E-state index < -0.39 is 4.92 Å². The van der Waals surface area contributed by atoms with Crippen LogP contribution in [0.5, 0.6) is 0 Å². The number of benzene rings is 1. The molecule has 14 heavy (non-hydrogen) atoms. The number of nitrogens with zero attached hydrogens (tertiary/aromatic N) is 2. The van der Waals surface area contributed by atoms with Crippen LogP contribution in [0.1, 0.15) is 5.56 Å². The summed E-state index contributed by atoms with van der Waals surface area (Å²) in [5.41, 5.74) is 0.268. The van der Waals surface area contributed by atoms with Gasteiger partial charge in [0.15, 0.2) is 0 Å². The zero-order chi connectivity index (χ0) is 10.6. The van der Waals surface area contributed by atoms with E-state index in [0.717, 1.165) is 0 Å². The first-order chi connectivity index (χ1) is 6.69. The standard InChI is InChI=1S/C8H8N2O4/c1-14-8(9-11)6-3-2-4-7(5-6)10(12)13/h2-5,11H,1H3. The van der Waals surface area contributed by atoms with Crippen LogP contribution < -0.4 is 0 Å². The molecule has 0 spiro atoms. The normalized spacial score (nSPS) is 11.1. The van der Waals surface area contributed by atoms with Crippen molar-refractivity contribution in [2.45, 2.75) is 0 Å². The number of hydrogen-bond donors (Lipinski definition) is 1. The van der Waals surface area contributed by atoms with Gasteiger partial charge in [-0.1, -0.05) is 6.07 Å². The van der Waals surface area contributed by atoms with Gasteiger partial charge in [0.2, 0.25) is 0 Å². The molecule has 0 bridgehead atoms. The molecule has 0 aliphatic rings. The van der Waals surface area contributed by atoms with E-state index in [0.29, 0.717) is 5.56 Å². The molecular formula is C8H8N2O4. The maximum atomic E-state index is 10.4. The summed E-state index contributed by atoms with van der Waals surface area (Å²) in [5, 5.41) is 21.8. The van der Waals surface area contributed by atoms with Gasteiger partial charge in [-0.05, 0) is 11.2 Å². The van der Waals surface area contributed by atoms with Crippen LogP contribution in [0.4, 0.5) is 5.69 Å². The van der Waals surface area contributed by atoms with Crippen LogP contribution in [0.2, 0.25) is 0 Å². The molecule has 0 radical (unpaired) electrons. The quantitative estimate of drug-likeness (QED) is 0.254. The summed E-state index contributed by atoms with van der Waals surface area (Å²) in [5.74, 6) is -0.0614. The van der Waals surface area contributed by atoms with E-state index in [2.05, 4.69) is 5.16 Å². The third-order valence-electron chi connectivity index (χ3n) is 1.59. The summed E-state index contributed by atoms with van der Waals surface area (Å²) in [4.78, 5) is 9.88. The van der Waals surface area contributed by atoms with Crippen LogP contribution in [0, 0.1) is 10.1 Å². The predicted octanol–water partition coefficient (Wildman–Crippen LogP) is 1.38. The molecule has 0 aromatic heterocycles. The Morgan fingerprint density at radius 3 is 2.86 bits per heavy atom. The van der Waals surface area contributed by atoms with E-state index in [1.54, 1.807) is 6.07 Å². The number of oxime groups is 1. The third-order valence-corrected chi connectivity index (χ3v) is 1.59. The van der Waals surface area contributed by atoms with Crippen molar-refractivity contribution < 1.29 is 14.9 Å². The number of nitro benzene ring substituents is 1. The molecule has 1 rings (SSSR count). The lowest BCUT2D eigenvalue weighted by atomic mass is 10.2. The van der Waals surface area contributed by atoms with E-state index in [-0.39, 0.29) is 11.6 Å². The number of hydrogen-bond acceptors (Lipinski definition) is 5. The summed E-state index contributed by atoms with van der Waals surface area (Å²) < 4.78 is 4.70. The lowest BCUT2D eigenvalue weighted by molar-refractivity contribution is -0.384. The molecule has 0 amide bonds. The Bertz CT molecular complexity index is 375. The van der Waals surface area contributed by atoms with E-state index in [1.165, 1.54) is 25.3 Å². The van der Waals surface area contributed by atoms with Crippen molar-refractivity contribution in [1.82, 2.24) is 0 Å². The molecule has 74 valence electrons. The highest BCUT2D eigenvalue weighted by Gasteiger charge is 2.10. The molecule has 1 aromatic rings. The minimum absolute atomic E-state index is 0.0614. The van der Waals surface area contributed by atoms with Crippen LogP contribution in [0.25, 0.3) is 0 Å². The van der Waals surface area contributed by atoms with Crippen molar-refractivity contribution in [2.24, 2.45) is 5.16 Å². The lowest BCUT2D eigenvalue weighted by Gasteiger charge is -2.01. The van der Waals surface area contributed by atoms with Gasteiger partial charge in [-0.2, -0.15) is 0 Å². The molecule has 0 fully saturated rings. The van der Waals surface area contributed by atoms with Gasteiger partial charge in [0, 0.05) is 17.7 Å². The van der Waals surface area contributed by atoms with Crippen LogP contribution in [0.15, 0.2) is 29.4 Å². The smallest absolute Gasteiger partial charge is 0.270 e. The van der Waals surface area contributed by atoms with Gasteiger partial charge in [-0.3, -0.25) is 10.1 Å². The molecule has 0 saturated heterocycles. The van der Waals surface area contributed by atoms with Gasteiger partial charge >= 0.3 is 0 Å². The zero-order valence-corrected chi connectivity index (χ0v) is 7.38. The number of nitro groups is 1. The highest BCUT2D eigenvalue weighted by molar-refractivity contribution is 5.94. The third kappa shape index (κ3) is 1.98. The topological polar surface area (TPSA) is 85.0 Å². The predicted molar refractivity (Wildman–Crippen MR) is 48.4 cm³/mol. The minimum Gasteiger partial charge on any atom is -0.479 e. The largest absolute Gasteiger partial charge is 0.479 e. The van der Waals surface area contributed by atoms with Crippen molar-refractivity contribution in [3.8, 4) is 0 Å². The molecule has 6 nitrogen and oxygen atoms in total.